The van der Waals surface area contributed by atoms with Crippen LogP contribution in [0.4, 0.5) is 9.18 Å². The van der Waals surface area contributed by atoms with E-state index in [-0.39, 0.29) is 11.8 Å². The molecular formula is C18H19Cl2FN2O. The molecular weight excluding hydrogens is 350 g/mol. The molecule has 0 spiro atoms. The molecule has 0 aliphatic heterocycles. The molecule has 24 heavy (non-hydrogen) atoms. The molecule has 0 radical (unpaired) electrons. The summed E-state index contributed by atoms with van der Waals surface area (Å²) in [5.74, 6) is -0.307. The quantitative estimate of drug-likeness (QED) is 0.773. The number of rotatable bonds is 5. The first-order valence-corrected chi connectivity index (χ1v) is 8.29. The maximum atomic E-state index is 13.0. The summed E-state index contributed by atoms with van der Waals surface area (Å²) >= 11 is 12.0. The van der Waals surface area contributed by atoms with Crippen molar-refractivity contribution in [2.45, 2.75) is 25.8 Å². The fourth-order valence-electron chi connectivity index (χ4n) is 2.30. The van der Waals surface area contributed by atoms with Gasteiger partial charge < -0.3 is 10.6 Å². The minimum absolute atomic E-state index is 0.297. The predicted octanol–water partition coefficient (Wildman–Crippen LogP) is 4.91. The molecule has 0 aliphatic rings. The van der Waals surface area contributed by atoms with E-state index in [1.807, 2.05) is 19.9 Å². The van der Waals surface area contributed by atoms with E-state index >= 15 is 0 Å². The molecule has 0 aromatic heterocycles. The van der Waals surface area contributed by atoms with Gasteiger partial charge in [-0.05, 0) is 55.7 Å². The van der Waals surface area contributed by atoms with Crippen LogP contribution in [0.15, 0.2) is 42.5 Å². The van der Waals surface area contributed by atoms with Crippen LogP contribution >= 0.6 is 23.2 Å². The Labute approximate surface area is 151 Å². The van der Waals surface area contributed by atoms with E-state index < -0.39 is 5.54 Å². The van der Waals surface area contributed by atoms with Crippen LogP contribution in [0.2, 0.25) is 10.0 Å². The standard InChI is InChI=1S/C18H19Cl2FN2O/c1-18(2,13-4-7-15(21)8-5-13)23-17(24)22-10-9-12-3-6-14(19)11-16(12)20/h3-8,11H,9-10H2,1-2H3,(H2,22,23,24). The van der Waals surface area contributed by atoms with Gasteiger partial charge in [-0.15, -0.1) is 0 Å². The molecule has 6 heteroatoms. The number of carbonyl (C=O) groups is 1. The van der Waals surface area contributed by atoms with Crippen LogP contribution in [0, 0.1) is 5.82 Å². The normalized spacial score (nSPS) is 11.2. The van der Waals surface area contributed by atoms with Gasteiger partial charge >= 0.3 is 6.03 Å². The Kier molecular flexibility index (Phi) is 6.08. The minimum atomic E-state index is -0.615. The van der Waals surface area contributed by atoms with E-state index in [1.54, 1.807) is 24.3 Å². The second kappa shape index (κ2) is 7.86. The van der Waals surface area contributed by atoms with E-state index in [2.05, 4.69) is 10.6 Å². The molecule has 128 valence electrons. The fraction of sp³-hybridized carbons (Fsp3) is 0.278. The third kappa shape index (κ3) is 5.11. The molecule has 3 nitrogen and oxygen atoms in total. The zero-order valence-electron chi connectivity index (χ0n) is 13.5. The number of urea groups is 1. The highest BCUT2D eigenvalue weighted by Gasteiger charge is 2.22. The molecule has 0 unspecified atom stereocenters. The molecule has 0 heterocycles. The zero-order chi connectivity index (χ0) is 17.7. The average Bonchev–Trinajstić information content (AvgIpc) is 2.49. The number of halogens is 3. The monoisotopic (exact) mass is 368 g/mol. The van der Waals surface area contributed by atoms with Crippen LogP contribution in [0.1, 0.15) is 25.0 Å². The molecule has 0 bridgehead atoms. The molecule has 0 fully saturated rings. The third-order valence-electron chi connectivity index (χ3n) is 3.69. The summed E-state index contributed by atoms with van der Waals surface area (Å²) in [6.07, 6.45) is 0.598. The smallest absolute Gasteiger partial charge is 0.315 e. The molecule has 0 saturated carbocycles. The van der Waals surface area contributed by atoms with E-state index in [4.69, 9.17) is 23.2 Å². The van der Waals surface area contributed by atoms with E-state index in [9.17, 15) is 9.18 Å². The Morgan fingerprint density at radius 1 is 1.12 bits per heavy atom. The Balaban J connectivity index is 1.87. The largest absolute Gasteiger partial charge is 0.338 e. The Morgan fingerprint density at radius 3 is 2.42 bits per heavy atom. The minimum Gasteiger partial charge on any atom is -0.338 e. The van der Waals surface area contributed by atoms with Crippen molar-refractivity contribution in [3.05, 3.63) is 69.5 Å². The second-order valence-electron chi connectivity index (χ2n) is 6.00. The molecule has 2 aromatic rings. The first kappa shape index (κ1) is 18.6. The van der Waals surface area contributed by atoms with Crippen LogP contribution < -0.4 is 10.6 Å². The lowest BCUT2D eigenvalue weighted by Crippen LogP contribution is -2.46. The van der Waals surface area contributed by atoms with Crippen molar-refractivity contribution < 1.29 is 9.18 Å². The summed E-state index contributed by atoms with van der Waals surface area (Å²) < 4.78 is 13.0. The summed E-state index contributed by atoms with van der Waals surface area (Å²) in [4.78, 5) is 12.1. The number of nitrogens with one attached hydrogen (secondary N) is 2. The number of amides is 2. The van der Waals surface area contributed by atoms with Crippen LogP contribution in [0.3, 0.4) is 0 Å². The highest BCUT2D eigenvalue weighted by Crippen LogP contribution is 2.21. The first-order chi connectivity index (χ1) is 11.3. The zero-order valence-corrected chi connectivity index (χ0v) is 15.0. The van der Waals surface area contributed by atoms with Crippen LogP contribution in [0.25, 0.3) is 0 Å². The Bertz CT molecular complexity index is 717. The van der Waals surface area contributed by atoms with Crippen molar-refractivity contribution in [3.63, 3.8) is 0 Å². The number of benzene rings is 2. The van der Waals surface area contributed by atoms with Crippen molar-refractivity contribution in [3.8, 4) is 0 Å². The molecule has 2 amide bonds. The van der Waals surface area contributed by atoms with Gasteiger partial charge in [0.1, 0.15) is 5.82 Å². The van der Waals surface area contributed by atoms with Gasteiger partial charge in [-0.2, -0.15) is 0 Å². The lowest BCUT2D eigenvalue weighted by atomic mass is 9.94. The van der Waals surface area contributed by atoms with Gasteiger partial charge in [0.25, 0.3) is 0 Å². The van der Waals surface area contributed by atoms with Crippen LogP contribution in [-0.4, -0.2) is 12.6 Å². The Hall–Kier alpha value is -1.78. The van der Waals surface area contributed by atoms with E-state index in [1.165, 1.54) is 12.1 Å². The topological polar surface area (TPSA) is 41.1 Å². The van der Waals surface area contributed by atoms with Crippen LogP contribution in [-0.2, 0) is 12.0 Å². The number of hydrogen-bond donors (Lipinski definition) is 2. The van der Waals surface area contributed by atoms with E-state index in [0.717, 1.165) is 11.1 Å². The lowest BCUT2D eigenvalue weighted by molar-refractivity contribution is 0.230. The van der Waals surface area contributed by atoms with Gasteiger partial charge in [0.2, 0.25) is 0 Å². The predicted molar refractivity (Wildman–Crippen MR) is 96.1 cm³/mol. The molecule has 2 rings (SSSR count). The number of hydrogen-bond acceptors (Lipinski definition) is 1. The van der Waals surface area contributed by atoms with E-state index in [0.29, 0.717) is 23.0 Å². The second-order valence-corrected chi connectivity index (χ2v) is 6.84. The van der Waals surface area contributed by atoms with Gasteiger partial charge in [-0.25, -0.2) is 9.18 Å². The van der Waals surface area contributed by atoms with Gasteiger partial charge in [0, 0.05) is 16.6 Å². The summed E-state index contributed by atoms with van der Waals surface area (Å²) in [5.41, 5.74) is 1.12. The van der Waals surface area contributed by atoms with Crippen molar-refractivity contribution in [1.82, 2.24) is 10.6 Å². The summed E-state index contributed by atoms with van der Waals surface area (Å²) in [6, 6.07) is 11.0. The summed E-state index contributed by atoms with van der Waals surface area (Å²) in [7, 11) is 0. The highest BCUT2D eigenvalue weighted by molar-refractivity contribution is 6.35. The molecule has 2 aromatic carbocycles. The first-order valence-electron chi connectivity index (χ1n) is 7.54. The highest BCUT2D eigenvalue weighted by atomic mass is 35.5. The van der Waals surface area contributed by atoms with Crippen LogP contribution in [0.5, 0.6) is 0 Å². The molecule has 2 N–H and O–H groups in total. The summed E-state index contributed by atoms with van der Waals surface area (Å²) in [5, 5.41) is 6.83. The summed E-state index contributed by atoms with van der Waals surface area (Å²) in [6.45, 7) is 4.15. The SMILES string of the molecule is CC(C)(NC(=O)NCCc1ccc(Cl)cc1Cl)c1ccc(F)cc1. The maximum absolute atomic E-state index is 13.0. The van der Waals surface area contributed by atoms with Crippen molar-refractivity contribution in [1.29, 1.82) is 0 Å². The van der Waals surface area contributed by atoms with Crippen molar-refractivity contribution in [2.75, 3.05) is 6.54 Å². The van der Waals surface area contributed by atoms with Crippen molar-refractivity contribution in [2.24, 2.45) is 0 Å². The van der Waals surface area contributed by atoms with Crippen molar-refractivity contribution >= 4 is 29.2 Å². The van der Waals surface area contributed by atoms with Gasteiger partial charge in [-0.1, -0.05) is 41.4 Å². The molecule has 0 aliphatic carbocycles. The number of carbonyl (C=O) groups excluding carboxylic acids is 1. The Morgan fingerprint density at radius 2 is 1.79 bits per heavy atom. The van der Waals surface area contributed by atoms with Gasteiger partial charge in [-0.3, -0.25) is 0 Å². The average molecular weight is 369 g/mol. The van der Waals surface area contributed by atoms with Gasteiger partial charge in [0.05, 0.1) is 5.54 Å². The van der Waals surface area contributed by atoms with Gasteiger partial charge in [0.15, 0.2) is 0 Å². The lowest BCUT2D eigenvalue weighted by Gasteiger charge is -2.27. The maximum Gasteiger partial charge on any atom is 0.315 e. The third-order valence-corrected chi connectivity index (χ3v) is 4.27. The molecule has 0 saturated heterocycles. The fourth-order valence-corrected chi connectivity index (χ4v) is 2.80. The molecule has 0 atom stereocenters.